The van der Waals surface area contributed by atoms with Crippen molar-refractivity contribution in [3.63, 3.8) is 0 Å². The summed E-state index contributed by atoms with van der Waals surface area (Å²) in [5, 5.41) is 2.95. The highest BCUT2D eigenvalue weighted by Crippen LogP contribution is 2.40. The molecular formula is C18H27N3O3S. The molecular weight excluding hydrogens is 338 g/mol. The van der Waals surface area contributed by atoms with Crippen LogP contribution in [0.1, 0.15) is 37.7 Å². The smallest absolute Gasteiger partial charge is 0.317 e. The molecule has 0 aromatic heterocycles. The van der Waals surface area contributed by atoms with E-state index in [0.29, 0.717) is 38.4 Å². The van der Waals surface area contributed by atoms with Crippen LogP contribution in [0.3, 0.4) is 0 Å². The molecule has 0 unspecified atom stereocenters. The molecule has 6 nitrogen and oxygen atoms in total. The lowest BCUT2D eigenvalue weighted by molar-refractivity contribution is 0.145. The van der Waals surface area contributed by atoms with Crippen molar-refractivity contribution in [1.29, 1.82) is 0 Å². The summed E-state index contributed by atoms with van der Waals surface area (Å²) in [7, 11) is -3.25. The minimum atomic E-state index is -3.25. The summed E-state index contributed by atoms with van der Waals surface area (Å²) in [4.78, 5) is 14.2. The second-order valence-electron chi connectivity index (χ2n) is 7.43. The van der Waals surface area contributed by atoms with Gasteiger partial charge in [-0.25, -0.2) is 17.9 Å². The quantitative estimate of drug-likeness (QED) is 0.810. The number of hydrogen-bond acceptors (Lipinski definition) is 3. The Hall–Kier alpha value is -1.60. The molecule has 2 aliphatic rings. The van der Waals surface area contributed by atoms with Crippen LogP contribution in [0.15, 0.2) is 30.3 Å². The average Bonchev–Trinajstić information content (AvgIpc) is 3.36. The van der Waals surface area contributed by atoms with E-state index < -0.39 is 10.0 Å². The third kappa shape index (κ3) is 5.44. The van der Waals surface area contributed by atoms with Crippen molar-refractivity contribution in [2.75, 3.05) is 19.3 Å². The molecule has 1 aliphatic carbocycles. The Morgan fingerprint density at radius 3 is 2.40 bits per heavy atom. The molecule has 2 fully saturated rings. The molecule has 1 saturated carbocycles. The summed E-state index contributed by atoms with van der Waals surface area (Å²) < 4.78 is 26.4. The Balaban J connectivity index is 1.54. The van der Waals surface area contributed by atoms with Crippen LogP contribution in [0, 0.1) is 5.92 Å². The average molecular weight is 365 g/mol. The maximum Gasteiger partial charge on any atom is 0.317 e. The summed E-state index contributed by atoms with van der Waals surface area (Å²) in [6.45, 7) is 1.66. The van der Waals surface area contributed by atoms with Crippen molar-refractivity contribution in [1.82, 2.24) is 14.9 Å². The first-order chi connectivity index (χ1) is 11.9. The fourth-order valence-corrected chi connectivity index (χ4v) is 4.71. The van der Waals surface area contributed by atoms with Crippen LogP contribution in [0.4, 0.5) is 4.79 Å². The topological polar surface area (TPSA) is 78.5 Å². The number of hydrogen-bond donors (Lipinski definition) is 2. The summed E-state index contributed by atoms with van der Waals surface area (Å²) in [6.07, 6.45) is 5.84. The predicted octanol–water partition coefficient (Wildman–Crippen LogP) is 2.08. The Bertz CT molecular complexity index is 694. The molecule has 25 heavy (non-hydrogen) atoms. The minimum Gasteiger partial charge on any atom is -0.334 e. The molecule has 2 amide bonds. The number of benzene rings is 1. The zero-order chi connectivity index (χ0) is 17.9. The van der Waals surface area contributed by atoms with E-state index in [2.05, 4.69) is 10.0 Å². The van der Waals surface area contributed by atoms with E-state index in [1.165, 1.54) is 19.1 Å². The molecule has 0 spiro atoms. The van der Waals surface area contributed by atoms with E-state index in [1.807, 2.05) is 30.3 Å². The first-order valence-electron chi connectivity index (χ1n) is 8.91. The van der Waals surface area contributed by atoms with Crippen molar-refractivity contribution >= 4 is 16.1 Å². The molecule has 2 N–H and O–H groups in total. The number of amides is 2. The molecule has 0 bridgehead atoms. The van der Waals surface area contributed by atoms with E-state index in [9.17, 15) is 13.2 Å². The monoisotopic (exact) mass is 365 g/mol. The number of likely N-dealkylation sites (tertiary alicyclic amines) is 1. The fraction of sp³-hybridized carbons (Fsp3) is 0.611. The van der Waals surface area contributed by atoms with E-state index in [4.69, 9.17) is 0 Å². The highest BCUT2D eigenvalue weighted by atomic mass is 32.2. The maximum atomic E-state index is 12.4. The van der Waals surface area contributed by atoms with Gasteiger partial charge in [-0.3, -0.25) is 0 Å². The second-order valence-corrected chi connectivity index (χ2v) is 9.18. The zero-order valence-electron chi connectivity index (χ0n) is 14.7. The van der Waals surface area contributed by atoms with Gasteiger partial charge in [0.05, 0.1) is 6.26 Å². The summed E-state index contributed by atoms with van der Waals surface area (Å²) in [6, 6.07) is 9.73. The second kappa shape index (κ2) is 7.33. The van der Waals surface area contributed by atoms with Gasteiger partial charge >= 0.3 is 6.03 Å². The molecule has 1 saturated heterocycles. The molecule has 0 radical (unpaired) electrons. The predicted molar refractivity (Wildman–Crippen MR) is 97.5 cm³/mol. The van der Waals surface area contributed by atoms with Crippen LogP contribution >= 0.6 is 0 Å². The van der Waals surface area contributed by atoms with Crippen LogP contribution in [-0.2, 0) is 16.6 Å². The van der Waals surface area contributed by atoms with Crippen molar-refractivity contribution in [2.45, 2.75) is 44.2 Å². The Kier molecular flexibility index (Phi) is 5.34. The number of carbonyl (C=O) groups is 1. The molecule has 7 heteroatoms. The maximum absolute atomic E-state index is 12.4. The lowest BCUT2D eigenvalue weighted by Gasteiger charge is -2.42. The highest BCUT2D eigenvalue weighted by molar-refractivity contribution is 7.88. The van der Waals surface area contributed by atoms with Crippen LogP contribution in [-0.4, -0.2) is 44.2 Å². The minimum absolute atomic E-state index is 0.0803. The van der Waals surface area contributed by atoms with Crippen LogP contribution < -0.4 is 10.0 Å². The number of urea groups is 1. The standard InChI is InChI=1S/C18H27N3O3S/c1-25(23,24)20-18(13-15-7-8-15)9-11-21(12-10-18)17(22)19-14-16-5-3-2-4-6-16/h2-6,15,20H,7-14H2,1H3,(H,19,22). The van der Waals surface area contributed by atoms with Gasteiger partial charge in [0, 0.05) is 25.2 Å². The number of piperidine rings is 1. The van der Waals surface area contributed by atoms with Gasteiger partial charge in [-0.2, -0.15) is 0 Å². The van der Waals surface area contributed by atoms with E-state index in [-0.39, 0.29) is 11.6 Å². The van der Waals surface area contributed by atoms with Crippen molar-refractivity contribution in [3.05, 3.63) is 35.9 Å². The van der Waals surface area contributed by atoms with E-state index in [0.717, 1.165) is 12.0 Å². The SMILES string of the molecule is CS(=O)(=O)NC1(CC2CC2)CCN(C(=O)NCc2ccccc2)CC1. The van der Waals surface area contributed by atoms with Crippen molar-refractivity contribution < 1.29 is 13.2 Å². The summed E-state index contributed by atoms with van der Waals surface area (Å²) in [5.41, 5.74) is 0.681. The molecule has 3 rings (SSSR count). The van der Waals surface area contributed by atoms with Crippen molar-refractivity contribution in [2.24, 2.45) is 5.92 Å². The van der Waals surface area contributed by atoms with Gasteiger partial charge < -0.3 is 10.2 Å². The molecule has 1 aromatic rings. The number of nitrogens with zero attached hydrogens (tertiary/aromatic N) is 1. The zero-order valence-corrected chi connectivity index (χ0v) is 15.5. The third-order valence-electron chi connectivity index (χ3n) is 5.07. The molecule has 1 heterocycles. The number of sulfonamides is 1. The van der Waals surface area contributed by atoms with Gasteiger partial charge in [-0.05, 0) is 30.7 Å². The number of nitrogens with one attached hydrogen (secondary N) is 2. The number of rotatable bonds is 6. The molecule has 1 aromatic carbocycles. The highest BCUT2D eigenvalue weighted by Gasteiger charge is 2.42. The number of carbonyl (C=O) groups excluding carboxylic acids is 1. The first-order valence-corrected chi connectivity index (χ1v) is 10.8. The van der Waals surface area contributed by atoms with Gasteiger partial charge in [0.1, 0.15) is 0 Å². The van der Waals surface area contributed by atoms with Gasteiger partial charge in [0.2, 0.25) is 10.0 Å². The summed E-state index contributed by atoms with van der Waals surface area (Å²) in [5.74, 6) is 0.632. The Morgan fingerprint density at radius 1 is 1.20 bits per heavy atom. The van der Waals surface area contributed by atoms with E-state index in [1.54, 1.807) is 4.90 Å². The van der Waals surface area contributed by atoms with Gasteiger partial charge in [0.25, 0.3) is 0 Å². The van der Waals surface area contributed by atoms with Gasteiger partial charge in [-0.1, -0.05) is 43.2 Å². The lowest BCUT2D eigenvalue weighted by atomic mass is 9.84. The van der Waals surface area contributed by atoms with Crippen LogP contribution in [0.25, 0.3) is 0 Å². The third-order valence-corrected chi connectivity index (χ3v) is 5.88. The molecule has 138 valence electrons. The Labute approximate surface area is 150 Å². The van der Waals surface area contributed by atoms with Crippen LogP contribution in [0.2, 0.25) is 0 Å². The fourth-order valence-electron chi connectivity index (χ4n) is 3.64. The Morgan fingerprint density at radius 2 is 1.84 bits per heavy atom. The van der Waals surface area contributed by atoms with Gasteiger partial charge in [-0.15, -0.1) is 0 Å². The van der Waals surface area contributed by atoms with Crippen LogP contribution in [0.5, 0.6) is 0 Å². The largest absolute Gasteiger partial charge is 0.334 e. The van der Waals surface area contributed by atoms with Gasteiger partial charge in [0.15, 0.2) is 0 Å². The summed E-state index contributed by atoms with van der Waals surface area (Å²) >= 11 is 0. The first kappa shape index (κ1) is 18.2. The lowest BCUT2D eigenvalue weighted by Crippen LogP contribution is -2.57. The normalized spacial score (nSPS) is 20.3. The molecule has 1 aliphatic heterocycles. The molecule has 0 atom stereocenters. The van der Waals surface area contributed by atoms with E-state index >= 15 is 0 Å². The van der Waals surface area contributed by atoms with Crippen molar-refractivity contribution in [3.8, 4) is 0 Å².